The minimum Gasteiger partial charge on any atom is -0.234 e. The summed E-state index contributed by atoms with van der Waals surface area (Å²) >= 11 is 15.7. The highest BCUT2D eigenvalue weighted by molar-refractivity contribution is 6.67. The van der Waals surface area contributed by atoms with Crippen LogP contribution < -0.4 is 0 Å². The molecule has 0 unspecified atom stereocenters. The van der Waals surface area contributed by atoms with Crippen LogP contribution in [0.1, 0.15) is 6.42 Å². The highest BCUT2D eigenvalue weighted by atomic mass is 35.6. The average molecular weight is 173 g/mol. The minimum atomic E-state index is -1.35. The summed E-state index contributed by atoms with van der Waals surface area (Å²) in [6.07, 6.45) is 1.24. The second kappa shape index (κ2) is 3.37. The van der Waals surface area contributed by atoms with E-state index in [2.05, 4.69) is 0 Å². The number of carbonyl (C=O) groups excluding carboxylic acids is 1. The standard InChI is InChI=1S/C4H3Cl3O/c5-4(6,7)2-1-3-8/h1H,2H2. The molecular weight excluding hydrogens is 170 g/mol. The van der Waals surface area contributed by atoms with Gasteiger partial charge in [0, 0.05) is 12.5 Å². The van der Waals surface area contributed by atoms with Gasteiger partial charge in [-0.25, -0.2) is 4.79 Å². The molecule has 0 amide bonds. The van der Waals surface area contributed by atoms with Gasteiger partial charge in [-0.3, -0.25) is 0 Å². The van der Waals surface area contributed by atoms with E-state index >= 15 is 0 Å². The second-order valence-corrected chi connectivity index (χ2v) is 3.66. The third kappa shape index (κ3) is 6.32. The Morgan fingerprint density at radius 2 is 2.00 bits per heavy atom. The second-order valence-electron chi connectivity index (χ2n) is 1.14. The minimum absolute atomic E-state index is 0.112. The van der Waals surface area contributed by atoms with Crippen molar-refractivity contribution in [2.45, 2.75) is 10.2 Å². The molecule has 0 heterocycles. The molecule has 0 aromatic carbocycles. The summed E-state index contributed by atoms with van der Waals surface area (Å²) in [5, 5.41) is 0. The Morgan fingerprint density at radius 1 is 1.50 bits per heavy atom. The van der Waals surface area contributed by atoms with E-state index in [4.69, 9.17) is 34.8 Å². The summed E-state index contributed by atoms with van der Waals surface area (Å²) in [5.41, 5.74) is 0. The number of hydrogen-bond donors (Lipinski definition) is 0. The fraction of sp³-hybridized carbons (Fsp3) is 0.500. The van der Waals surface area contributed by atoms with Crippen molar-refractivity contribution in [2.75, 3.05) is 0 Å². The van der Waals surface area contributed by atoms with Gasteiger partial charge in [0.25, 0.3) is 0 Å². The van der Waals surface area contributed by atoms with E-state index in [9.17, 15) is 4.79 Å². The summed E-state index contributed by atoms with van der Waals surface area (Å²) in [6.45, 7) is 0. The maximum Gasteiger partial charge on any atom is 0.194 e. The average Bonchev–Trinajstić information content (AvgIpc) is 1.59. The van der Waals surface area contributed by atoms with Crippen LogP contribution in [-0.2, 0) is 4.79 Å². The van der Waals surface area contributed by atoms with E-state index in [1.165, 1.54) is 5.94 Å². The first kappa shape index (κ1) is 8.32. The lowest BCUT2D eigenvalue weighted by atomic mass is 10.5. The zero-order valence-electron chi connectivity index (χ0n) is 3.83. The van der Waals surface area contributed by atoms with Gasteiger partial charge in [-0.15, -0.1) is 0 Å². The highest BCUT2D eigenvalue weighted by Gasteiger charge is 2.16. The Bertz CT molecular complexity index is 109. The van der Waals surface area contributed by atoms with Gasteiger partial charge in [-0.05, 0) is 0 Å². The first-order valence-corrected chi connectivity index (χ1v) is 2.96. The fourth-order valence-electron chi connectivity index (χ4n) is 0.157. The SMILES string of the molecule is O=C=CCC(Cl)(Cl)Cl. The van der Waals surface area contributed by atoms with Crippen LogP contribution in [-0.4, -0.2) is 9.73 Å². The monoisotopic (exact) mass is 172 g/mol. The molecular formula is C4H3Cl3O. The highest BCUT2D eigenvalue weighted by Crippen LogP contribution is 2.29. The van der Waals surface area contributed by atoms with Crippen LogP contribution in [0, 0.1) is 0 Å². The van der Waals surface area contributed by atoms with E-state index in [0.717, 1.165) is 6.08 Å². The molecule has 46 valence electrons. The van der Waals surface area contributed by atoms with Crippen LogP contribution in [0.5, 0.6) is 0 Å². The molecule has 0 aliphatic heterocycles. The van der Waals surface area contributed by atoms with E-state index in [-0.39, 0.29) is 6.42 Å². The molecule has 4 heteroatoms. The normalized spacial score (nSPS) is 10.4. The number of alkyl halides is 3. The van der Waals surface area contributed by atoms with Crippen molar-refractivity contribution < 1.29 is 4.79 Å². The molecule has 0 saturated carbocycles. The van der Waals surface area contributed by atoms with Gasteiger partial charge in [-0.1, -0.05) is 34.8 Å². The zero-order chi connectivity index (χ0) is 6.62. The van der Waals surface area contributed by atoms with Gasteiger partial charge in [-0.2, -0.15) is 0 Å². The van der Waals surface area contributed by atoms with Crippen molar-refractivity contribution in [3.8, 4) is 0 Å². The Labute approximate surface area is 62.2 Å². The quantitative estimate of drug-likeness (QED) is 0.439. The van der Waals surface area contributed by atoms with Crippen LogP contribution in [0.4, 0.5) is 0 Å². The maximum atomic E-state index is 9.50. The summed E-state index contributed by atoms with van der Waals surface area (Å²) in [7, 11) is 0. The van der Waals surface area contributed by atoms with E-state index in [1.807, 2.05) is 0 Å². The number of hydrogen-bond acceptors (Lipinski definition) is 1. The summed E-state index contributed by atoms with van der Waals surface area (Å²) in [5.74, 6) is 1.50. The van der Waals surface area contributed by atoms with E-state index in [0.29, 0.717) is 0 Å². The van der Waals surface area contributed by atoms with Crippen LogP contribution in [0.2, 0.25) is 0 Å². The molecule has 0 atom stereocenters. The molecule has 0 saturated heterocycles. The van der Waals surface area contributed by atoms with Crippen molar-refractivity contribution in [3.63, 3.8) is 0 Å². The molecule has 8 heavy (non-hydrogen) atoms. The summed E-state index contributed by atoms with van der Waals surface area (Å²) < 4.78 is -1.35. The van der Waals surface area contributed by atoms with E-state index < -0.39 is 3.79 Å². The predicted molar refractivity (Wildman–Crippen MR) is 35.2 cm³/mol. The van der Waals surface area contributed by atoms with Crippen molar-refractivity contribution in [2.24, 2.45) is 0 Å². The molecule has 0 aromatic heterocycles. The molecule has 0 radical (unpaired) electrons. The van der Waals surface area contributed by atoms with Crippen molar-refractivity contribution >= 4 is 40.7 Å². The summed E-state index contributed by atoms with van der Waals surface area (Å²) in [6, 6.07) is 0. The van der Waals surface area contributed by atoms with Gasteiger partial charge in [0.1, 0.15) is 5.94 Å². The molecule has 0 spiro atoms. The van der Waals surface area contributed by atoms with Crippen molar-refractivity contribution in [1.82, 2.24) is 0 Å². The Balaban J connectivity index is 3.55. The summed E-state index contributed by atoms with van der Waals surface area (Å²) in [4.78, 5) is 9.50. The molecule has 0 rings (SSSR count). The lowest BCUT2D eigenvalue weighted by Gasteiger charge is -2.02. The molecule has 0 aliphatic rings. The van der Waals surface area contributed by atoms with Gasteiger partial charge in [0.15, 0.2) is 3.79 Å². The van der Waals surface area contributed by atoms with Crippen LogP contribution in [0.15, 0.2) is 6.08 Å². The molecule has 0 bridgehead atoms. The maximum absolute atomic E-state index is 9.50. The van der Waals surface area contributed by atoms with Gasteiger partial charge in [0.2, 0.25) is 0 Å². The lowest BCUT2D eigenvalue weighted by Crippen LogP contribution is -1.97. The molecule has 0 aliphatic carbocycles. The molecule has 0 N–H and O–H groups in total. The molecule has 1 nitrogen and oxygen atoms in total. The van der Waals surface area contributed by atoms with Gasteiger partial charge < -0.3 is 0 Å². The first-order chi connectivity index (χ1) is 3.56. The third-order valence-corrected chi connectivity index (χ3v) is 0.880. The number of allylic oxidation sites excluding steroid dienone is 1. The fourth-order valence-corrected chi connectivity index (χ4v) is 0.389. The smallest absolute Gasteiger partial charge is 0.194 e. The third-order valence-electron chi connectivity index (χ3n) is 0.417. The topological polar surface area (TPSA) is 17.1 Å². The van der Waals surface area contributed by atoms with Crippen molar-refractivity contribution in [1.29, 1.82) is 0 Å². The largest absolute Gasteiger partial charge is 0.234 e. The Kier molecular flexibility index (Phi) is 3.50. The van der Waals surface area contributed by atoms with Crippen LogP contribution >= 0.6 is 34.8 Å². The molecule has 0 fully saturated rings. The van der Waals surface area contributed by atoms with Gasteiger partial charge in [0.05, 0.1) is 0 Å². The van der Waals surface area contributed by atoms with Gasteiger partial charge >= 0.3 is 0 Å². The first-order valence-electron chi connectivity index (χ1n) is 1.82. The predicted octanol–water partition coefficient (Wildman–Crippen LogP) is 2.13. The zero-order valence-corrected chi connectivity index (χ0v) is 6.09. The molecule has 0 aromatic rings. The van der Waals surface area contributed by atoms with E-state index in [1.54, 1.807) is 0 Å². The lowest BCUT2D eigenvalue weighted by molar-refractivity contribution is 0.568. The van der Waals surface area contributed by atoms with Crippen LogP contribution in [0.25, 0.3) is 0 Å². The van der Waals surface area contributed by atoms with Crippen molar-refractivity contribution in [3.05, 3.63) is 6.08 Å². The number of halogens is 3. The Hall–Kier alpha value is 0.320. The Morgan fingerprint density at radius 3 is 2.12 bits per heavy atom. The van der Waals surface area contributed by atoms with Crippen LogP contribution in [0.3, 0.4) is 0 Å². The number of rotatable bonds is 1.